The summed E-state index contributed by atoms with van der Waals surface area (Å²) in [5.74, 6) is -1.26. The van der Waals surface area contributed by atoms with Crippen LogP contribution < -0.4 is 0 Å². The summed E-state index contributed by atoms with van der Waals surface area (Å²) in [6.45, 7) is 0. The van der Waals surface area contributed by atoms with Crippen LogP contribution >= 0.6 is 0 Å². The molecule has 0 N–H and O–H groups in total. The molecule has 0 saturated carbocycles. The van der Waals surface area contributed by atoms with Crippen molar-refractivity contribution in [1.82, 2.24) is 0 Å². The first-order chi connectivity index (χ1) is 9.71. The standard InChI is InChI=1S/C13H10F2O4S2/c14-10-1-5-12(6-2-10)20(16,17)9-21(18,19)13-7-3-11(15)4-8-13/h1-8H,9H2. The molecule has 0 bridgehead atoms. The molecule has 0 amide bonds. The molecule has 0 aromatic heterocycles. The summed E-state index contributed by atoms with van der Waals surface area (Å²) in [6.07, 6.45) is 0. The van der Waals surface area contributed by atoms with Crippen molar-refractivity contribution in [2.24, 2.45) is 0 Å². The number of benzene rings is 2. The van der Waals surface area contributed by atoms with E-state index in [1.807, 2.05) is 0 Å². The van der Waals surface area contributed by atoms with Gasteiger partial charge >= 0.3 is 0 Å². The minimum Gasteiger partial charge on any atom is -0.223 e. The van der Waals surface area contributed by atoms with Crippen LogP contribution in [0.5, 0.6) is 0 Å². The second-order valence-corrected chi connectivity index (χ2v) is 8.60. The van der Waals surface area contributed by atoms with Gasteiger partial charge in [-0.25, -0.2) is 25.6 Å². The van der Waals surface area contributed by atoms with Gasteiger partial charge in [0, 0.05) is 0 Å². The molecule has 8 heteroatoms. The first-order valence-electron chi connectivity index (χ1n) is 5.67. The van der Waals surface area contributed by atoms with Crippen molar-refractivity contribution in [3.63, 3.8) is 0 Å². The van der Waals surface area contributed by atoms with E-state index in [2.05, 4.69) is 0 Å². The molecule has 0 atom stereocenters. The average Bonchev–Trinajstić information content (AvgIpc) is 2.38. The SMILES string of the molecule is O=S(=O)(CS(=O)(=O)c1ccc(F)cc1)c1ccc(F)cc1. The van der Waals surface area contributed by atoms with Crippen LogP contribution in [0, 0.1) is 11.6 Å². The molecule has 0 unspecified atom stereocenters. The Morgan fingerprint density at radius 3 is 1.19 bits per heavy atom. The van der Waals surface area contributed by atoms with Gasteiger partial charge in [-0.2, -0.15) is 0 Å². The molecule has 0 fully saturated rings. The molecule has 2 rings (SSSR count). The Bertz CT molecular complexity index is 767. The van der Waals surface area contributed by atoms with Gasteiger partial charge in [-0.05, 0) is 48.5 Å². The Balaban J connectivity index is 2.35. The number of hydrogen-bond acceptors (Lipinski definition) is 4. The molecule has 2 aromatic carbocycles. The Kier molecular flexibility index (Phi) is 4.11. The zero-order chi connectivity index (χ0) is 15.7. The second kappa shape index (κ2) is 5.53. The van der Waals surface area contributed by atoms with Crippen molar-refractivity contribution < 1.29 is 25.6 Å². The molecular formula is C13H10F2O4S2. The molecule has 0 heterocycles. The maximum Gasteiger partial charge on any atom is 0.193 e. The summed E-state index contributed by atoms with van der Waals surface area (Å²) in [4.78, 5) is -0.593. The van der Waals surface area contributed by atoms with Gasteiger partial charge in [-0.3, -0.25) is 0 Å². The summed E-state index contributed by atoms with van der Waals surface area (Å²) in [5, 5.41) is -1.17. The second-order valence-electron chi connectivity index (χ2n) is 4.26. The highest BCUT2D eigenvalue weighted by Gasteiger charge is 2.26. The van der Waals surface area contributed by atoms with E-state index >= 15 is 0 Å². The monoisotopic (exact) mass is 332 g/mol. The predicted octanol–water partition coefficient (Wildman–Crippen LogP) is 2.17. The van der Waals surface area contributed by atoms with Gasteiger partial charge in [0.2, 0.25) is 0 Å². The van der Waals surface area contributed by atoms with E-state index in [4.69, 9.17) is 0 Å². The Labute approximate surface area is 120 Å². The van der Waals surface area contributed by atoms with Crippen LogP contribution in [0.25, 0.3) is 0 Å². The topological polar surface area (TPSA) is 68.3 Å². The van der Waals surface area contributed by atoms with Crippen LogP contribution in [-0.4, -0.2) is 21.9 Å². The Morgan fingerprint density at radius 2 is 0.905 bits per heavy atom. The smallest absolute Gasteiger partial charge is 0.193 e. The normalized spacial score (nSPS) is 12.3. The van der Waals surface area contributed by atoms with Crippen LogP contribution in [-0.2, 0) is 19.7 Å². The number of rotatable bonds is 4. The molecule has 0 radical (unpaired) electrons. The summed E-state index contributed by atoms with van der Waals surface area (Å²) in [7, 11) is -8.28. The highest BCUT2D eigenvalue weighted by molar-refractivity contribution is 8.08. The molecule has 112 valence electrons. The highest BCUT2D eigenvalue weighted by atomic mass is 32.3. The first kappa shape index (κ1) is 15.6. The third kappa shape index (κ3) is 3.64. The van der Waals surface area contributed by atoms with E-state index in [1.54, 1.807) is 0 Å². The van der Waals surface area contributed by atoms with Crippen LogP contribution in [0.3, 0.4) is 0 Å². The van der Waals surface area contributed by atoms with Gasteiger partial charge in [0.25, 0.3) is 0 Å². The lowest BCUT2D eigenvalue weighted by Crippen LogP contribution is -2.17. The van der Waals surface area contributed by atoms with Crippen molar-refractivity contribution in [3.8, 4) is 0 Å². The van der Waals surface area contributed by atoms with Gasteiger partial charge in [-0.1, -0.05) is 0 Å². The van der Waals surface area contributed by atoms with E-state index < -0.39 is 36.4 Å². The number of halogens is 2. The molecule has 4 nitrogen and oxygen atoms in total. The maximum atomic E-state index is 12.8. The lowest BCUT2D eigenvalue weighted by Gasteiger charge is -2.06. The summed E-state index contributed by atoms with van der Waals surface area (Å²) in [6, 6.07) is 7.68. The summed E-state index contributed by atoms with van der Waals surface area (Å²) >= 11 is 0. The third-order valence-corrected chi connectivity index (χ3v) is 7.12. The van der Waals surface area contributed by atoms with E-state index in [9.17, 15) is 25.6 Å². The van der Waals surface area contributed by atoms with Gasteiger partial charge in [0.15, 0.2) is 24.8 Å². The van der Waals surface area contributed by atoms with Crippen molar-refractivity contribution in [3.05, 3.63) is 60.2 Å². The largest absolute Gasteiger partial charge is 0.223 e. The van der Waals surface area contributed by atoms with E-state index in [-0.39, 0.29) is 9.79 Å². The number of hydrogen-bond donors (Lipinski definition) is 0. The van der Waals surface area contributed by atoms with E-state index in [0.29, 0.717) is 0 Å². The minimum absolute atomic E-state index is 0.297. The van der Waals surface area contributed by atoms with Gasteiger partial charge in [0.05, 0.1) is 9.79 Å². The fourth-order valence-corrected chi connectivity index (χ4v) is 5.45. The van der Waals surface area contributed by atoms with E-state index in [1.165, 1.54) is 0 Å². The maximum absolute atomic E-state index is 12.8. The molecule has 0 aliphatic rings. The fraction of sp³-hybridized carbons (Fsp3) is 0.0769. The van der Waals surface area contributed by atoms with Gasteiger partial charge < -0.3 is 0 Å². The fourth-order valence-electron chi connectivity index (χ4n) is 1.62. The van der Waals surface area contributed by atoms with Crippen molar-refractivity contribution in [2.75, 3.05) is 5.08 Å². The lowest BCUT2D eigenvalue weighted by molar-refractivity contribution is 0.588. The van der Waals surface area contributed by atoms with Crippen molar-refractivity contribution in [1.29, 1.82) is 0 Å². The van der Waals surface area contributed by atoms with Crippen LogP contribution in [0.15, 0.2) is 58.3 Å². The highest BCUT2D eigenvalue weighted by Crippen LogP contribution is 2.19. The molecule has 0 aliphatic carbocycles. The minimum atomic E-state index is -4.14. The zero-order valence-electron chi connectivity index (χ0n) is 10.5. The first-order valence-corrected chi connectivity index (χ1v) is 8.98. The summed E-state index contributed by atoms with van der Waals surface area (Å²) in [5.41, 5.74) is 0. The van der Waals surface area contributed by atoms with Crippen molar-refractivity contribution in [2.45, 2.75) is 9.79 Å². The molecule has 21 heavy (non-hydrogen) atoms. The molecule has 0 aliphatic heterocycles. The third-order valence-electron chi connectivity index (χ3n) is 2.66. The number of sulfone groups is 2. The van der Waals surface area contributed by atoms with Gasteiger partial charge in [-0.15, -0.1) is 0 Å². The van der Waals surface area contributed by atoms with Crippen LogP contribution in [0.1, 0.15) is 0 Å². The van der Waals surface area contributed by atoms with E-state index in [0.717, 1.165) is 48.5 Å². The average molecular weight is 332 g/mol. The summed E-state index contributed by atoms with van der Waals surface area (Å²) < 4.78 is 73.6. The Morgan fingerprint density at radius 1 is 0.619 bits per heavy atom. The Hall–Kier alpha value is -1.80. The predicted molar refractivity (Wildman–Crippen MR) is 72.0 cm³/mol. The molecular weight excluding hydrogens is 322 g/mol. The quantitative estimate of drug-likeness (QED) is 0.805. The zero-order valence-corrected chi connectivity index (χ0v) is 12.2. The van der Waals surface area contributed by atoms with Crippen LogP contribution in [0.4, 0.5) is 8.78 Å². The van der Waals surface area contributed by atoms with Gasteiger partial charge in [0.1, 0.15) is 11.6 Å². The molecule has 0 saturated heterocycles. The molecule has 0 spiro atoms. The molecule has 2 aromatic rings. The lowest BCUT2D eigenvalue weighted by atomic mass is 10.4. The van der Waals surface area contributed by atoms with Crippen LogP contribution in [0.2, 0.25) is 0 Å². The van der Waals surface area contributed by atoms with Crippen molar-refractivity contribution >= 4 is 19.7 Å².